The number of hydrogen-bond acceptors (Lipinski definition) is 10. The van der Waals surface area contributed by atoms with E-state index in [0.29, 0.717) is 29.6 Å². The molecule has 0 aliphatic carbocycles. The summed E-state index contributed by atoms with van der Waals surface area (Å²) in [4.78, 5) is 15.3. The molecule has 0 spiro atoms. The van der Waals surface area contributed by atoms with Gasteiger partial charge in [-0.1, -0.05) is 0 Å². The quantitative estimate of drug-likeness (QED) is 0.240. The lowest BCUT2D eigenvalue weighted by Crippen LogP contribution is -2.22. The van der Waals surface area contributed by atoms with Crippen LogP contribution in [0.3, 0.4) is 0 Å². The molecule has 1 fully saturated rings. The summed E-state index contributed by atoms with van der Waals surface area (Å²) in [5.74, 6) is 1.60. The predicted octanol–water partition coefficient (Wildman–Crippen LogP) is 3.48. The summed E-state index contributed by atoms with van der Waals surface area (Å²) in [6.07, 6.45) is 6.28. The summed E-state index contributed by atoms with van der Waals surface area (Å²) in [5.41, 5.74) is 2.56. The molecule has 0 amide bonds. The van der Waals surface area contributed by atoms with Crippen LogP contribution in [0.15, 0.2) is 35.1 Å². The highest BCUT2D eigenvalue weighted by Gasteiger charge is 2.14. The number of aromatic nitrogens is 2. The van der Waals surface area contributed by atoms with E-state index in [-0.39, 0.29) is 11.6 Å². The van der Waals surface area contributed by atoms with Gasteiger partial charge in [0.1, 0.15) is 17.2 Å². The SMILES string of the molecule is ONc1cc2occc2c(Nc2cc(OCCCN3CCCC3)c(OO)cn2)n1. The first-order chi connectivity index (χ1) is 14.3. The van der Waals surface area contributed by atoms with Crippen molar-refractivity contribution in [3.05, 3.63) is 30.7 Å². The number of pyridine rings is 2. The zero-order valence-corrected chi connectivity index (χ0v) is 15.8. The van der Waals surface area contributed by atoms with Crippen molar-refractivity contribution >= 4 is 28.4 Å². The second kappa shape index (κ2) is 8.95. The number of furan rings is 1. The minimum absolute atomic E-state index is 0.129. The fraction of sp³-hybridized carbons (Fsp3) is 0.368. The Morgan fingerprint density at radius 3 is 2.83 bits per heavy atom. The predicted molar refractivity (Wildman–Crippen MR) is 106 cm³/mol. The van der Waals surface area contributed by atoms with Gasteiger partial charge in [-0.05, 0) is 38.4 Å². The van der Waals surface area contributed by atoms with Gasteiger partial charge in [0.05, 0.1) is 24.5 Å². The van der Waals surface area contributed by atoms with Crippen molar-refractivity contribution < 1.29 is 24.5 Å². The Balaban J connectivity index is 1.47. The molecule has 1 aliphatic heterocycles. The summed E-state index contributed by atoms with van der Waals surface area (Å²) in [6.45, 7) is 3.76. The molecule has 1 saturated heterocycles. The van der Waals surface area contributed by atoms with E-state index in [9.17, 15) is 5.21 Å². The molecular formula is C19H23N5O5. The van der Waals surface area contributed by atoms with E-state index in [1.165, 1.54) is 25.3 Å². The molecule has 3 aromatic rings. The van der Waals surface area contributed by atoms with Crippen molar-refractivity contribution in [2.24, 2.45) is 0 Å². The van der Waals surface area contributed by atoms with E-state index in [4.69, 9.17) is 14.4 Å². The number of hydrogen-bond donors (Lipinski definition) is 4. The van der Waals surface area contributed by atoms with E-state index in [1.54, 1.807) is 18.2 Å². The average Bonchev–Trinajstić information content (AvgIpc) is 3.43. The van der Waals surface area contributed by atoms with Crippen LogP contribution >= 0.6 is 0 Å². The van der Waals surface area contributed by atoms with Gasteiger partial charge < -0.3 is 24.3 Å². The second-order valence-corrected chi connectivity index (χ2v) is 6.78. The molecule has 10 nitrogen and oxygen atoms in total. The molecule has 0 unspecified atom stereocenters. The molecular weight excluding hydrogens is 378 g/mol. The highest BCUT2D eigenvalue weighted by atomic mass is 17.1. The third-order valence-corrected chi connectivity index (χ3v) is 4.82. The lowest BCUT2D eigenvalue weighted by molar-refractivity contribution is -0.139. The number of fused-ring (bicyclic) bond motifs is 1. The lowest BCUT2D eigenvalue weighted by Gasteiger charge is -2.15. The molecule has 0 aromatic carbocycles. The number of nitrogens with zero attached hydrogens (tertiary/aromatic N) is 3. The van der Waals surface area contributed by atoms with Gasteiger partial charge in [-0.2, -0.15) is 0 Å². The molecule has 4 heterocycles. The molecule has 4 N–H and O–H groups in total. The number of ether oxygens (including phenoxy) is 1. The second-order valence-electron chi connectivity index (χ2n) is 6.78. The summed E-state index contributed by atoms with van der Waals surface area (Å²) in [7, 11) is 0. The van der Waals surface area contributed by atoms with E-state index in [1.807, 2.05) is 5.48 Å². The van der Waals surface area contributed by atoms with Gasteiger partial charge in [0.25, 0.3) is 0 Å². The minimum Gasteiger partial charge on any atom is -0.489 e. The molecule has 10 heteroatoms. The summed E-state index contributed by atoms with van der Waals surface area (Å²) in [6, 6.07) is 4.95. The lowest BCUT2D eigenvalue weighted by atomic mass is 10.3. The average molecular weight is 401 g/mol. The maximum absolute atomic E-state index is 9.17. The Labute approximate surface area is 167 Å². The van der Waals surface area contributed by atoms with Crippen molar-refractivity contribution in [3.63, 3.8) is 0 Å². The molecule has 29 heavy (non-hydrogen) atoms. The molecule has 0 atom stereocenters. The van der Waals surface area contributed by atoms with Crippen molar-refractivity contribution in [2.75, 3.05) is 37.0 Å². The Morgan fingerprint density at radius 2 is 2.03 bits per heavy atom. The van der Waals surface area contributed by atoms with Crippen LogP contribution in [0, 0.1) is 0 Å². The van der Waals surface area contributed by atoms with Gasteiger partial charge in [0.15, 0.2) is 11.6 Å². The fourth-order valence-electron chi connectivity index (χ4n) is 3.39. The van der Waals surface area contributed by atoms with E-state index < -0.39 is 0 Å². The smallest absolute Gasteiger partial charge is 0.225 e. The van der Waals surface area contributed by atoms with Crippen molar-refractivity contribution in [1.29, 1.82) is 0 Å². The Kier molecular flexibility index (Phi) is 5.94. The van der Waals surface area contributed by atoms with Crippen LogP contribution < -0.4 is 20.4 Å². The first-order valence-corrected chi connectivity index (χ1v) is 9.49. The van der Waals surface area contributed by atoms with Gasteiger partial charge in [0.2, 0.25) is 5.75 Å². The van der Waals surface area contributed by atoms with E-state index in [2.05, 4.69) is 25.1 Å². The molecule has 0 saturated carbocycles. The Morgan fingerprint density at radius 1 is 1.17 bits per heavy atom. The Hall–Kier alpha value is -3.08. The molecule has 3 aromatic heterocycles. The van der Waals surface area contributed by atoms with Crippen LogP contribution in [0.2, 0.25) is 0 Å². The standard InChI is InChI=1S/C19H23N5O5/c25-23-18-10-14-13(4-9-28-14)19(22-18)21-17-11-15(16(29-26)12-20-17)27-8-3-7-24-5-1-2-6-24/h4,9-12,25-26H,1-3,5-8H2,(H2,20,21,22,23). The Bertz CT molecular complexity index is 957. The third kappa shape index (κ3) is 4.50. The minimum atomic E-state index is 0.129. The topological polar surface area (TPSA) is 125 Å². The normalized spacial score (nSPS) is 14.3. The summed E-state index contributed by atoms with van der Waals surface area (Å²) in [5, 5.41) is 22.1. The van der Waals surface area contributed by atoms with Gasteiger partial charge in [-0.25, -0.2) is 15.2 Å². The maximum atomic E-state index is 9.17. The van der Waals surface area contributed by atoms with Gasteiger partial charge in [-0.15, -0.1) is 0 Å². The first kappa shape index (κ1) is 19.2. The number of anilines is 3. The molecule has 0 radical (unpaired) electrons. The van der Waals surface area contributed by atoms with E-state index >= 15 is 0 Å². The third-order valence-electron chi connectivity index (χ3n) is 4.82. The zero-order chi connectivity index (χ0) is 20.1. The zero-order valence-electron chi connectivity index (χ0n) is 15.8. The fourth-order valence-corrected chi connectivity index (χ4v) is 3.39. The van der Waals surface area contributed by atoms with Crippen LogP contribution in [-0.2, 0) is 0 Å². The number of likely N-dealkylation sites (tertiary alicyclic amines) is 1. The van der Waals surface area contributed by atoms with Gasteiger partial charge in [0, 0.05) is 18.7 Å². The first-order valence-electron chi connectivity index (χ1n) is 9.49. The number of rotatable bonds is 9. The van der Waals surface area contributed by atoms with Crippen molar-refractivity contribution in [2.45, 2.75) is 19.3 Å². The number of nitrogens with one attached hydrogen (secondary N) is 2. The summed E-state index contributed by atoms with van der Waals surface area (Å²) >= 11 is 0. The van der Waals surface area contributed by atoms with Crippen LogP contribution in [-0.4, -0.2) is 51.6 Å². The molecule has 1 aliphatic rings. The van der Waals surface area contributed by atoms with Crippen LogP contribution in [0.25, 0.3) is 11.0 Å². The van der Waals surface area contributed by atoms with Crippen LogP contribution in [0.1, 0.15) is 19.3 Å². The van der Waals surface area contributed by atoms with Crippen molar-refractivity contribution in [3.8, 4) is 11.5 Å². The van der Waals surface area contributed by atoms with Gasteiger partial charge >= 0.3 is 0 Å². The van der Waals surface area contributed by atoms with Crippen LogP contribution in [0.5, 0.6) is 11.5 Å². The van der Waals surface area contributed by atoms with Gasteiger partial charge in [-0.3, -0.25) is 10.7 Å². The highest BCUT2D eigenvalue weighted by Crippen LogP contribution is 2.32. The van der Waals surface area contributed by atoms with E-state index in [0.717, 1.165) is 31.4 Å². The molecule has 4 rings (SSSR count). The largest absolute Gasteiger partial charge is 0.489 e. The monoisotopic (exact) mass is 401 g/mol. The van der Waals surface area contributed by atoms with Crippen LogP contribution in [0.4, 0.5) is 17.5 Å². The maximum Gasteiger partial charge on any atom is 0.225 e. The van der Waals surface area contributed by atoms with Crippen molar-refractivity contribution in [1.82, 2.24) is 14.9 Å². The molecule has 154 valence electrons. The summed E-state index contributed by atoms with van der Waals surface area (Å²) < 4.78 is 11.2. The molecule has 0 bridgehead atoms. The highest BCUT2D eigenvalue weighted by molar-refractivity contribution is 5.91.